The molecule has 2 aromatic rings. The van der Waals surface area contributed by atoms with E-state index in [2.05, 4.69) is 34.8 Å². The molecule has 0 bridgehead atoms. The molecular weight excluding hydrogens is 369 g/mol. The van der Waals surface area contributed by atoms with E-state index in [0.717, 1.165) is 14.2 Å². The molecule has 0 unspecified atom stereocenters. The number of carbonyl (C=O) groups excluding carboxylic acids is 1. The van der Waals surface area contributed by atoms with Gasteiger partial charge in [-0.25, -0.2) is 0 Å². The summed E-state index contributed by atoms with van der Waals surface area (Å²) in [6.07, 6.45) is 2.02. The molecule has 19 heavy (non-hydrogen) atoms. The molecule has 0 aliphatic heterocycles. The molecule has 2 rings (SSSR count). The summed E-state index contributed by atoms with van der Waals surface area (Å²) in [7, 11) is 0. The van der Waals surface area contributed by atoms with Crippen LogP contribution in [0.3, 0.4) is 0 Å². The van der Waals surface area contributed by atoms with E-state index in [-0.39, 0.29) is 5.91 Å². The first kappa shape index (κ1) is 14.4. The van der Waals surface area contributed by atoms with Gasteiger partial charge in [-0.3, -0.25) is 4.79 Å². The average molecular weight is 383 g/mol. The minimum Gasteiger partial charge on any atom is -0.322 e. The monoisotopic (exact) mass is 383 g/mol. The highest BCUT2D eigenvalue weighted by Gasteiger charge is 2.06. The Balaban J connectivity index is 2.13. The Bertz CT molecular complexity index is 596. The maximum absolute atomic E-state index is 12.1. The van der Waals surface area contributed by atoms with Gasteiger partial charge in [0.25, 0.3) is 5.91 Å². The number of thioether (sulfide) groups is 1. The second-order valence-corrected chi connectivity index (χ2v) is 6.19. The molecule has 0 fully saturated rings. The van der Waals surface area contributed by atoms with Crippen LogP contribution >= 0.6 is 34.4 Å². The van der Waals surface area contributed by atoms with E-state index in [0.29, 0.717) is 5.56 Å². The summed E-state index contributed by atoms with van der Waals surface area (Å²) in [6.45, 7) is 2.05. The molecule has 0 radical (unpaired) electrons. The molecule has 0 spiro atoms. The fourth-order valence-electron chi connectivity index (χ4n) is 1.62. The summed E-state index contributed by atoms with van der Waals surface area (Å²) in [5, 5.41) is 2.91. The molecule has 0 atom stereocenters. The number of anilines is 1. The van der Waals surface area contributed by atoms with Gasteiger partial charge >= 0.3 is 0 Å². The highest BCUT2D eigenvalue weighted by atomic mass is 127. The van der Waals surface area contributed by atoms with E-state index in [1.807, 2.05) is 48.7 Å². The predicted octanol–water partition coefficient (Wildman–Crippen LogP) is 4.57. The van der Waals surface area contributed by atoms with E-state index < -0.39 is 0 Å². The number of benzene rings is 2. The molecule has 2 aromatic carbocycles. The van der Waals surface area contributed by atoms with Crippen LogP contribution < -0.4 is 5.32 Å². The summed E-state index contributed by atoms with van der Waals surface area (Å²) >= 11 is 3.93. The van der Waals surface area contributed by atoms with Gasteiger partial charge in [-0.05, 0) is 77.7 Å². The van der Waals surface area contributed by atoms with Crippen molar-refractivity contribution in [3.63, 3.8) is 0 Å². The quantitative estimate of drug-likeness (QED) is 0.621. The number of rotatable bonds is 3. The Hall–Kier alpha value is -1.01. The van der Waals surface area contributed by atoms with Crippen molar-refractivity contribution in [2.75, 3.05) is 11.6 Å². The Morgan fingerprint density at radius 3 is 2.42 bits per heavy atom. The Kier molecular flexibility index (Phi) is 4.87. The number of aryl methyl sites for hydroxylation is 1. The van der Waals surface area contributed by atoms with Gasteiger partial charge in [0.05, 0.1) is 0 Å². The first-order chi connectivity index (χ1) is 9.10. The summed E-state index contributed by atoms with van der Waals surface area (Å²) < 4.78 is 1.15. The van der Waals surface area contributed by atoms with E-state index in [1.54, 1.807) is 11.8 Å². The number of hydrogen-bond acceptors (Lipinski definition) is 2. The molecule has 1 N–H and O–H groups in total. The van der Waals surface area contributed by atoms with Crippen LogP contribution in [0.25, 0.3) is 0 Å². The van der Waals surface area contributed by atoms with Crippen LogP contribution in [0.5, 0.6) is 0 Å². The third-order valence-electron chi connectivity index (χ3n) is 2.78. The smallest absolute Gasteiger partial charge is 0.255 e. The van der Waals surface area contributed by atoms with Crippen molar-refractivity contribution in [2.45, 2.75) is 11.8 Å². The van der Waals surface area contributed by atoms with Gasteiger partial charge in [-0.2, -0.15) is 0 Å². The van der Waals surface area contributed by atoms with E-state index in [1.165, 1.54) is 5.56 Å². The second-order valence-electron chi connectivity index (χ2n) is 4.15. The lowest BCUT2D eigenvalue weighted by molar-refractivity contribution is 0.102. The van der Waals surface area contributed by atoms with Gasteiger partial charge in [0, 0.05) is 19.7 Å². The van der Waals surface area contributed by atoms with Crippen molar-refractivity contribution in [2.24, 2.45) is 0 Å². The van der Waals surface area contributed by atoms with Gasteiger partial charge in [-0.15, -0.1) is 11.8 Å². The van der Waals surface area contributed by atoms with Crippen LogP contribution in [-0.4, -0.2) is 12.2 Å². The molecule has 0 aliphatic carbocycles. The first-order valence-electron chi connectivity index (χ1n) is 5.81. The van der Waals surface area contributed by atoms with Crippen molar-refractivity contribution in [1.29, 1.82) is 0 Å². The van der Waals surface area contributed by atoms with Crippen molar-refractivity contribution >= 4 is 45.9 Å². The van der Waals surface area contributed by atoms with Crippen molar-refractivity contribution in [3.05, 3.63) is 57.2 Å². The maximum atomic E-state index is 12.1. The zero-order valence-corrected chi connectivity index (χ0v) is 13.7. The zero-order valence-electron chi connectivity index (χ0n) is 10.7. The second kappa shape index (κ2) is 6.43. The summed E-state index contributed by atoms with van der Waals surface area (Å²) in [5.41, 5.74) is 2.71. The predicted molar refractivity (Wildman–Crippen MR) is 90.1 cm³/mol. The van der Waals surface area contributed by atoms with E-state index in [4.69, 9.17) is 0 Å². The molecule has 0 heterocycles. The van der Waals surface area contributed by atoms with Crippen LogP contribution in [0.2, 0.25) is 0 Å². The molecule has 98 valence electrons. The van der Waals surface area contributed by atoms with Gasteiger partial charge in [0.2, 0.25) is 0 Å². The molecule has 0 saturated heterocycles. The van der Waals surface area contributed by atoms with Crippen LogP contribution in [0.4, 0.5) is 5.69 Å². The number of amides is 1. The standard InChI is InChI=1S/C15H14INOS/c1-10-3-6-12(9-14(10)16)17-15(18)11-4-7-13(19-2)8-5-11/h3-9H,1-2H3,(H,17,18). The summed E-state index contributed by atoms with van der Waals surface area (Å²) in [4.78, 5) is 13.2. The highest BCUT2D eigenvalue weighted by molar-refractivity contribution is 14.1. The lowest BCUT2D eigenvalue weighted by atomic mass is 10.2. The van der Waals surface area contributed by atoms with Gasteiger partial charge in [0.15, 0.2) is 0 Å². The first-order valence-corrected chi connectivity index (χ1v) is 8.12. The van der Waals surface area contributed by atoms with Crippen LogP contribution in [0.15, 0.2) is 47.4 Å². The zero-order chi connectivity index (χ0) is 13.8. The van der Waals surface area contributed by atoms with Gasteiger partial charge in [0.1, 0.15) is 0 Å². The van der Waals surface area contributed by atoms with Crippen LogP contribution in [0.1, 0.15) is 15.9 Å². The fourth-order valence-corrected chi connectivity index (χ4v) is 2.54. The minimum atomic E-state index is -0.0766. The minimum absolute atomic E-state index is 0.0766. The highest BCUT2D eigenvalue weighted by Crippen LogP contribution is 2.19. The van der Waals surface area contributed by atoms with Gasteiger partial charge < -0.3 is 5.32 Å². The fraction of sp³-hybridized carbons (Fsp3) is 0.133. The third-order valence-corrected chi connectivity index (χ3v) is 4.69. The number of hydrogen-bond donors (Lipinski definition) is 1. The van der Waals surface area contributed by atoms with E-state index in [9.17, 15) is 4.79 Å². The largest absolute Gasteiger partial charge is 0.322 e. The Morgan fingerprint density at radius 1 is 1.16 bits per heavy atom. The maximum Gasteiger partial charge on any atom is 0.255 e. The lowest BCUT2D eigenvalue weighted by Crippen LogP contribution is -2.11. The molecule has 2 nitrogen and oxygen atoms in total. The number of halogens is 1. The van der Waals surface area contributed by atoms with Gasteiger partial charge in [-0.1, -0.05) is 6.07 Å². The molecular formula is C15H14INOS. The van der Waals surface area contributed by atoms with Crippen LogP contribution in [0, 0.1) is 10.5 Å². The molecule has 0 saturated carbocycles. The molecule has 1 amide bonds. The van der Waals surface area contributed by atoms with Crippen molar-refractivity contribution < 1.29 is 4.79 Å². The number of carbonyl (C=O) groups is 1. The summed E-state index contributed by atoms with van der Waals surface area (Å²) in [6, 6.07) is 13.5. The Morgan fingerprint density at radius 2 is 1.84 bits per heavy atom. The van der Waals surface area contributed by atoms with E-state index >= 15 is 0 Å². The topological polar surface area (TPSA) is 29.1 Å². The lowest BCUT2D eigenvalue weighted by Gasteiger charge is -2.07. The number of nitrogens with one attached hydrogen (secondary N) is 1. The average Bonchev–Trinajstić information content (AvgIpc) is 2.43. The van der Waals surface area contributed by atoms with Crippen molar-refractivity contribution in [3.8, 4) is 0 Å². The van der Waals surface area contributed by atoms with Crippen molar-refractivity contribution in [1.82, 2.24) is 0 Å². The third kappa shape index (κ3) is 3.73. The van der Waals surface area contributed by atoms with Crippen LogP contribution in [-0.2, 0) is 0 Å². The molecule has 4 heteroatoms. The molecule has 0 aliphatic rings. The summed E-state index contributed by atoms with van der Waals surface area (Å²) in [5.74, 6) is -0.0766. The normalized spacial score (nSPS) is 10.3. The Labute approximate surface area is 131 Å². The molecule has 0 aromatic heterocycles. The SMILES string of the molecule is CSc1ccc(C(=O)Nc2ccc(C)c(I)c2)cc1.